The predicted octanol–water partition coefficient (Wildman–Crippen LogP) is 1.33. The summed E-state index contributed by atoms with van der Waals surface area (Å²) in [5.41, 5.74) is 8.39. The van der Waals surface area contributed by atoms with Crippen molar-refractivity contribution in [1.82, 2.24) is 10.3 Å². The summed E-state index contributed by atoms with van der Waals surface area (Å²) in [6.45, 7) is 1.84. The van der Waals surface area contributed by atoms with E-state index in [1.54, 1.807) is 12.1 Å². The third-order valence-electron chi connectivity index (χ3n) is 6.66. The number of hydrogen-bond acceptors (Lipinski definition) is 8. The lowest BCUT2D eigenvalue weighted by molar-refractivity contribution is -0.118. The van der Waals surface area contributed by atoms with Crippen molar-refractivity contribution in [2.24, 2.45) is 11.7 Å². The quantitative estimate of drug-likeness (QED) is 0.523. The summed E-state index contributed by atoms with van der Waals surface area (Å²) >= 11 is 0. The molecule has 1 aromatic heterocycles. The lowest BCUT2D eigenvalue weighted by Gasteiger charge is -2.25. The molecule has 2 aromatic rings. The minimum atomic E-state index is -0.825. The van der Waals surface area contributed by atoms with E-state index >= 15 is 0 Å². The van der Waals surface area contributed by atoms with Crippen LogP contribution in [0.1, 0.15) is 23.1 Å². The highest BCUT2D eigenvalue weighted by molar-refractivity contribution is 5.95. The van der Waals surface area contributed by atoms with Crippen molar-refractivity contribution in [2.45, 2.75) is 24.9 Å². The Bertz CT molecular complexity index is 1180. The van der Waals surface area contributed by atoms with Gasteiger partial charge in [0.15, 0.2) is 18.2 Å². The minimum absolute atomic E-state index is 0.0600. The number of nitrogens with zero attached hydrogens (tertiary/aromatic N) is 3. The van der Waals surface area contributed by atoms with E-state index in [9.17, 15) is 14.9 Å². The van der Waals surface area contributed by atoms with Crippen molar-refractivity contribution in [3.05, 3.63) is 47.0 Å². The lowest BCUT2D eigenvalue weighted by atomic mass is 9.99. The van der Waals surface area contributed by atoms with Crippen LogP contribution >= 0.6 is 0 Å². The Hall–Kier alpha value is -3.68. The molecule has 1 fully saturated rings. The normalized spacial score (nSPS) is 22.9. The summed E-state index contributed by atoms with van der Waals surface area (Å²) in [5.74, 6) is 1.25. The topological polar surface area (TPSA) is 143 Å². The molecular formula is C24H26N6O4. The maximum atomic E-state index is 12.7. The van der Waals surface area contributed by atoms with E-state index in [0.717, 1.165) is 30.5 Å². The second-order valence-corrected chi connectivity index (χ2v) is 8.98. The Morgan fingerprint density at radius 2 is 2.18 bits per heavy atom. The summed E-state index contributed by atoms with van der Waals surface area (Å²) < 4.78 is 11.0. The summed E-state index contributed by atoms with van der Waals surface area (Å²) in [5, 5.41) is 15.4. The predicted molar refractivity (Wildman–Crippen MR) is 124 cm³/mol. The molecule has 176 valence electrons. The summed E-state index contributed by atoms with van der Waals surface area (Å²) in [6, 6.07) is 11.5. The molecule has 4 N–H and O–H groups in total. The fourth-order valence-electron chi connectivity index (χ4n) is 4.85. The number of nitrogens with two attached hydrogens (primary N) is 1. The van der Waals surface area contributed by atoms with E-state index in [1.807, 2.05) is 12.1 Å². The third-order valence-corrected chi connectivity index (χ3v) is 6.66. The van der Waals surface area contributed by atoms with E-state index in [4.69, 9.17) is 15.2 Å². The Morgan fingerprint density at radius 1 is 1.29 bits per heavy atom. The number of fused-ring (bicyclic) bond motifs is 2. The average molecular weight is 463 g/mol. The van der Waals surface area contributed by atoms with Crippen LogP contribution in [0.2, 0.25) is 0 Å². The maximum absolute atomic E-state index is 12.7. The van der Waals surface area contributed by atoms with E-state index < -0.39 is 11.7 Å². The van der Waals surface area contributed by atoms with E-state index in [1.165, 1.54) is 10.5 Å². The second kappa shape index (κ2) is 8.93. The van der Waals surface area contributed by atoms with E-state index in [0.29, 0.717) is 30.5 Å². The van der Waals surface area contributed by atoms with Crippen LogP contribution in [0.3, 0.4) is 0 Å². The highest BCUT2D eigenvalue weighted by Crippen LogP contribution is 2.33. The Kier molecular flexibility index (Phi) is 5.81. The molecule has 10 nitrogen and oxygen atoms in total. The fraction of sp³-hybridized carbons (Fsp3) is 0.417. The van der Waals surface area contributed by atoms with Gasteiger partial charge in [-0.05, 0) is 61.2 Å². The number of pyridine rings is 1. The molecule has 2 atom stereocenters. The van der Waals surface area contributed by atoms with Gasteiger partial charge in [-0.2, -0.15) is 5.26 Å². The van der Waals surface area contributed by atoms with Crippen LogP contribution in [-0.4, -0.2) is 55.4 Å². The molecule has 2 aliphatic heterocycles. The molecule has 34 heavy (non-hydrogen) atoms. The highest BCUT2D eigenvalue weighted by atomic mass is 16.6. The lowest BCUT2D eigenvalue weighted by Crippen LogP contribution is -2.44. The number of hydrogen-bond donors (Lipinski definition) is 3. The number of anilines is 2. The highest BCUT2D eigenvalue weighted by Gasteiger charge is 2.45. The van der Waals surface area contributed by atoms with Gasteiger partial charge < -0.3 is 25.8 Å². The van der Waals surface area contributed by atoms with Crippen LogP contribution < -0.4 is 26.0 Å². The summed E-state index contributed by atoms with van der Waals surface area (Å²) in [6.07, 6.45) is 1.88. The molecule has 2 amide bonds. The molecule has 5 rings (SSSR count). The number of nitriles is 1. The van der Waals surface area contributed by atoms with Crippen molar-refractivity contribution < 1.29 is 19.1 Å². The molecule has 10 heteroatoms. The Balaban J connectivity index is 1.17. The fourth-order valence-corrected chi connectivity index (χ4v) is 4.85. The first-order valence-corrected chi connectivity index (χ1v) is 11.4. The summed E-state index contributed by atoms with van der Waals surface area (Å²) in [7, 11) is 0. The number of rotatable bonds is 7. The zero-order chi connectivity index (χ0) is 23.7. The first kappa shape index (κ1) is 22.1. The van der Waals surface area contributed by atoms with Gasteiger partial charge >= 0.3 is 6.09 Å². The number of cyclic esters (lactones) is 1. The Morgan fingerprint density at radius 3 is 3.00 bits per heavy atom. The maximum Gasteiger partial charge on any atom is 0.416 e. The van der Waals surface area contributed by atoms with Crippen molar-refractivity contribution >= 4 is 23.6 Å². The third kappa shape index (κ3) is 4.16. The van der Waals surface area contributed by atoms with Gasteiger partial charge in [0.05, 0.1) is 18.2 Å². The van der Waals surface area contributed by atoms with Crippen LogP contribution in [0.15, 0.2) is 30.3 Å². The van der Waals surface area contributed by atoms with Crippen LogP contribution in [0, 0.1) is 17.2 Å². The molecule has 0 saturated carbocycles. The number of amides is 2. The molecule has 1 aliphatic carbocycles. The number of benzene rings is 1. The van der Waals surface area contributed by atoms with Gasteiger partial charge in [-0.3, -0.25) is 9.69 Å². The van der Waals surface area contributed by atoms with Crippen LogP contribution in [0.5, 0.6) is 5.75 Å². The first-order valence-electron chi connectivity index (χ1n) is 11.4. The van der Waals surface area contributed by atoms with Gasteiger partial charge in [0.25, 0.3) is 5.91 Å². The number of aromatic nitrogens is 1. The molecule has 3 aliphatic rings. The smallest absolute Gasteiger partial charge is 0.416 e. The largest absolute Gasteiger partial charge is 0.480 e. The monoisotopic (exact) mass is 462 g/mol. The van der Waals surface area contributed by atoms with Gasteiger partial charge in [0, 0.05) is 13.0 Å². The molecule has 3 heterocycles. The minimum Gasteiger partial charge on any atom is -0.480 e. The van der Waals surface area contributed by atoms with Crippen molar-refractivity contribution in [2.75, 3.05) is 43.0 Å². The number of ether oxygens (including phenoxy) is 2. The molecule has 1 aromatic carbocycles. The van der Waals surface area contributed by atoms with Gasteiger partial charge in [-0.25, -0.2) is 9.78 Å². The van der Waals surface area contributed by atoms with Crippen molar-refractivity contribution in [1.29, 1.82) is 5.26 Å². The number of carbonyl (C=O) groups is 2. The van der Waals surface area contributed by atoms with Crippen molar-refractivity contribution in [3.8, 4) is 11.8 Å². The molecule has 0 radical (unpaired) electrons. The van der Waals surface area contributed by atoms with Crippen LogP contribution in [-0.2, 0) is 22.4 Å². The van der Waals surface area contributed by atoms with Gasteiger partial charge in [0.2, 0.25) is 0 Å². The number of nitrogens with one attached hydrogen (secondary N) is 2. The number of carbonyl (C=O) groups excluding carboxylic acids is 2. The Labute approximate surface area is 197 Å². The van der Waals surface area contributed by atoms with E-state index in [2.05, 4.69) is 27.8 Å². The van der Waals surface area contributed by atoms with Crippen molar-refractivity contribution in [3.63, 3.8) is 0 Å². The SMILES string of the molecule is N#Cc1cccc2c1CC(CNCCC1(CN)CN(c3ccc4c(n3)NC(=O)CO4)C(=O)O1)C2. The van der Waals surface area contributed by atoms with Gasteiger partial charge in [-0.1, -0.05) is 12.1 Å². The summed E-state index contributed by atoms with van der Waals surface area (Å²) in [4.78, 5) is 30.0. The molecular weight excluding hydrogens is 436 g/mol. The van der Waals surface area contributed by atoms with Crippen LogP contribution in [0.25, 0.3) is 0 Å². The van der Waals surface area contributed by atoms with Gasteiger partial charge in [0.1, 0.15) is 11.4 Å². The first-order chi connectivity index (χ1) is 16.5. The van der Waals surface area contributed by atoms with E-state index in [-0.39, 0.29) is 31.4 Å². The second-order valence-electron chi connectivity index (χ2n) is 8.98. The zero-order valence-electron chi connectivity index (χ0n) is 18.7. The molecule has 0 spiro atoms. The standard InChI is InChI=1S/C24H26N6O4/c25-10-17-3-1-2-16-8-15(9-18(16)17)11-27-7-6-24(13-26)14-30(23(32)34-24)20-5-4-19-22(28-20)29-21(31)12-33-19/h1-5,15,27H,6-9,11-14,26H2,(H,28,29,31). The zero-order valence-corrected chi connectivity index (χ0v) is 18.7. The molecule has 1 saturated heterocycles. The molecule has 0 bridgehead atoms. The average Bonchev–Trinajstić information content (AvgIpc) is 3.42. The molecule has 2 unspecified atom stereocenters. The van der Waals surface area contributed by atoms with Gasteiger partial charge in [-0.15, -0.1) is 0 Å². The van der Waals surface area contributed by atoms with Crippen LogP contribution in [0.4, 0.5) is 16.4 Å².